The van der Waals surface area contributed by atoms with Crippen LogP contribution in [0.15, 0.2) is 42.5 Å². The molecule has 2 aromatic rings. The van der Waals surface area contributed by atoms with E-state index in [1.807, 2.05) is 31.2 Å². The zero-order valence-corrected chi connectivity index (χ0v) is 19.0. The fourth-order valence-corrected chi connectivity index (χ4v) is 4.44. The highest BCUT2D eigenvalue weighted by Crippen LogP contribution is 2.27. The van der Waals surface area contributed by atoms with Gasteiger partial charge in [-0.15, -0.1) is 0 Å². The van der Waals surface area contributed by atoms with Gasteiger partial charge in [-0.25, -0.2) is 0 Å². The van der Waals surface area contributed by atoms with Crippen LogP contribution in [0.2, 0.25) is 10.0 Å². The Hall–Kier alpha value is -2.04. The minimum atomic E-state index is -0.629. The van der Waals surface area contributed by atoms with Gasteiger partial charge < -0.3 is 10.2 Å². The Balaban J connectivity index is 1.83. The first-order valence-electron chi connectivity index (χ1n) is 10.4. The zero-order chi connectivity index (χ0) is 21.7. The Bertz CT molecular complexity index is 890. The van der Waals surface area contributed by atoms with Crippen LogP contribution in [-0.4, -0.2) is 28.8 Å². The van der Waals surface area contributed by atoms with E-state index in [1.54, 1.807) is 30.0 Å². The van der Waals surface area contributed by atoms with Crippen molar-refractivity contribution < 1.29 is 9.59 Å². The van der Waals surface area contributed by atoms with Crippen LogP contribution in [-0.2, 0) is 22.6 Å². The van der Waals surface area contributed by atoms with Gasteiger partial charge >= 0.3 is 0 Å². The van der Waals surface area contributed by atoms with Crippen LogP contribution in [0.5, 0.6) is 0 Å². The first-order chi connectivity index (χ1) is 14.3. The van der Waals surface area contributed by atoms with E-state index in [0.29, 0.717) is 15.6 Å². The molecule has 1 atom stereocenters. The van der Waals surface area contributed by atoms with Gasteiger partial charge in [0.25, 0.3) is 0 Å². The number of benzene rings is 2. The predicted octanol–water partition coefficient (Wildman–Crippen LogP) is 5.32. The number of aryl methyl sites for hydroxylation is 1. The van der Waals surface area contributed by atoms with Crippen molar-refractivity contribution in [2.45, 2.75) is 64.6 Å². The smallest absolute Gasteiger partial charge is 0.242 e. The largest absolute Gasteiger partial charge is 0.352 e. The summed E-state index contributed by atoms with van der Waals surface area (Å²) in [5, 5.41) is 4.07. The molecule has 4 nitrogen and oxygen atoms in total. The topological polar surface area (TPSA) is 49.4 Å². The summed E-state index contributed by atoms with van der Waals surface area (Å²) in [6, 6.07) is 12.7. The van der Waals surface area contributed by atoms with Gasteiger partial charge in [-0.05, 0) is 44.4 Å². The molecular weight excluding hydrogens is 419 g/mol. The van der Waals surface area contributed by atoms with Gasteiger partial charge in [-0.1, -0.05) is 71.9 Å². The molecule has 0 aliphatic heterocycles. The number of carbonyl (C=O) groups is 2. The number of halogens is 2. The van der Waals surface area contributed by atoms with E-state index in [9.17, 15) is 9.59 Å². The second-order valence-corrected chi connectivity index (χ2v) is 8.87. The number of nitrogens with zero attached hydrogens (tertiary/aromatic N) is 1. The molecule has 0 saturated heterocycles. The number of amides is 2. The molecule has 0 bridgehead atoms. The molecule has 3 rings (SSSR count). The summed E-state index contributed by atoms with van der Waals surface area (Å²) < 4.78 is 0. The van der Waals surface area contributed by atoms with Crippen molar-refractivity contribution >= 4 is 35.0 Å². The minimum absolute atomic E-state index is 0.134. The Morgan fingerprint density at radius 2 is 1.73 bits per heavy atom. The standard InChI is InChI=1S/C24H28Cl2N2O2/c1-16-7-5-8-18(13-16)14-23(29)28(15-20-21(25)11-6-12-22(20)26)17(2)24(30)27-19-9-3-4-10-19/h5-8,11-13,17,19H,3-4,9-10,14-15H2,1-2H3,(H,27,30)/t17-/m0/s1. The third-order valence-electron chi connectivity index (χ3n) is 5.70. The lowest BCUT2D eigenvalue weighted by atomic mass is 10.1. The minimum Gasteiger partial charge on any atom is -0.352 e. The van der Waals surface area contributed by atoms with Gasteiger partial charge in [0.1, 0.15) is 6.04 Å². The van der Waals surface area contributed by atoms with Gasteiger partial charge in [0.05, 0.1) is 6.42 Å². The first kappa shape index (κ1) is 22.6. The van der Waals surface area contributed by atoms with Crippen molar-refractivity contribution in [1.82, 2.24) is 10.2 Å². The number of carbonyl (C=O) groups excluding carboxylic acids is 2. The van der Waals surface area contributed by atoms with Gasteiger partial charge in [-0.3, -0.25) is 9.59 Å². The normalized spacial score (nSPS) is 15.1. The fraction of sp³-hybridized carbons (Fsp3) is 0.417. The number of hydrogen-bond donors (Lipinski definition) is 1. The highest BCUT2D eigenvalue weighted by Gasteiger charge is 2.29. The maximum atomic E-state index is 13.3. The highest BCUT2D eigenvalue weighted by molar-refractivity contribution is 6.36. The van der Waals surface area contributed by atoms with Gasteiger partial charge in [-0.2, -0.15) is 0 Å². The van der Waals surface area contributed by atoms with Crippen LogP contribution >= 0.6 is 23.2 Å². The molecule has 1 aliphatic rings. The second-order valence-electron chi connectivity index (χ2n) is 8.05. The quantitative estimate of drug-likeness (QED) is 0.625. The summed E-state index contributed by atoms with van der Waals surface area (Å²) in [7, 11) is 0. The second kappa shape index (κ2) is 10.3. The maximum absolute atomic E-state index is 13.3. The van der Waals surface area contributed by atoms with Crippen LogP contribution in [0.25, 0.3) is 0 Å². The summed E-state index contributed by atoms with van der Waals surface area (Å²) in [5.74, 6) is -0.270. The fourth-order valence-electron chi connectivity index (χ4n) is 3.93. The Kier molecular flexibility index (Phi) is 7.79. The van der Waals surface area contributed by atoms with Crippen molar-refractivity contribution in [3.63, 3.8) is 0 Å². The molecule has 1 saturated carbocycles. The molecule has 0 heterocycles. The van der Waals surface area contributed by atoms with Gasteiger partial charge in [0, 0.05) is 28.2 Å². The Morgan fingerprint density at radius 1 is 1.10 bits per heavy atom. The monoisotopic (exact) mass is 446 g/mol. The maximum Gasteiger partial charge on any atom is 0.242 e. The predicted molar refractivity (Wildman–Crippen MR) is 122 cm³/mol. The van der Waals surface area contributed by atoms with Crippen molar-refractivity contribution in [3.8, 4) is 0 Å². The lowest BCUT2D eigenvalue weighted by Crippen LogP contribution is -2.50. The molecule has 0 aromatic heterocycles. The molecule has 0 unspecified atom stereocenters. The molecule has 2 aromatic carbocycles. The average Bonchev–Trinajstić information content (AvgIpc) is 3.20. The lowest BCUT2D eigenvalue weighted by Gasteiger charge is -2.30. The zero-order valence-electron chi connectivity index (χ0n) is 17.5. The molecule has 1 aliphatic carbocycles. The van der Waals surface area contributed by atoms with Crippen molar-refractivity contribution in [2.24, 2.45) is 0 Å². The first-order valence-corrected chi connectivity index (χ1v) is 11.2. The van der Waals surface area contributed by atoms with Gasteiger partial charge in [0.2, 0.25) is 11.8 Å². The average molecular weight is 447 g/mol. The molecule has 0 radical (unpaired) electrons. The summed E-state index contributed by atoms with van der Waals surface area (Å²) in [6.07, 6.45) is 4.46. The molecule has 0 spiro atoms. The summed E-state index contributed by atoms with van der Waals surface area (Å²) in [4.78, 5) is 27.8. The van der Waals surface area contributed by atoms with E-state index in [-0.39, 0.29) is 30.8 Å². The highest BCUT2D eigenvalue weighted by atomic mass is 35.5. The Labute approximate surface area is 188 Å². The van der Waals surface area contributed by atoms with Gasteiger partial charge in [0.15, 0.2) is 0 Å². The molecule has 1 N–H and O–H groups in total. The molecular formula is C24H28Cl2N2O2. The third-order valence-corrected chi connectivity index (χ3v) is 6.41. The summed E-state index contributed by atoms with van der Waals surface area (Å²) in [6.45, 7) is 3.94. The van der Waals surface area contributed by atoms with Crippen LogP contribution < -0.4 is 5.32 Å². The summed E-state index contributed by atoms with van der Waals surface area (Å²) in [5.41, 5.74) is 2.66. The number of hydrogen-bond acceptors (Lipinski definition) is 2. The molecule has 6 heteroatoms. The molecule has 30 heavy (non-hydrogen) atoms. The van der Waals surface area contributed by atoms with Crippen LogP contribution in [0.1, 0.15) is 49.3 Å². The number of rotatable bonds is 7. The molecule has 160 valence electrons. The SMILES string of the molecule is Cc1cccc(CC(=O)N(Cc2c(Cl)cccc2Cl)[C@@H](C)C(=O)NC2CCCC2)c1. The van der Waals surface area contributed by atoms with E-state index < -0.39 is 6.04 Å². The molecule has 2 amide bonds. The van der Waals surface area contributed by atoms with E-state index in [0.717, 1.165) is 36.8 Å². The van der Waals surface area contributed by atoms with E-state index in [1.165, 1.54) is 0 Å². The van der Waals surface area contributed by atoms with Crippen LogP contribution in [0.3, 0.4) is 0 Å². The summed E-state index contributed by atoms with van der Waals surface area (Å²) >= 11 is 12.7. The van der Waals surface area contributed by atoms with Crippen molar-refractivity contribution in [2.75, 3.05) is 0 Å². The Morgan fingerprint density at radius 3 is 2.37 bits per heavy atom. The van der Waals surface area contributed by atoms with E-state index >= 15 is 0 Å². The van der Waals surface area contributed by atoms with Crippen molar-refractivity contribution in [3.05, 3.63) is 69.2 Å². The van der Waals surface area contributed by atoms with E-state index in [2.05, 4.69) is 5.32 Å². The van der Waals surface area contributed by atoms with Crippen LogP contribution in [0.4, 0.5) is 0 Å². The molecule has 1 fully saturated rings. The van der Waals surface area contributed by atoms with E-state index in [4.69, 9.17) is 23.2 Å². The number of nitrogens with one attached hydrogen (secondary N) is 1. The van der Waals surface area contributed by atoms with Crippen molar-refractivity contribution in [1.29, 1.82) is 0 Å². The van der Waals surface area contributed by atoms with Crippen LogP contribution in [0, 0.1) is 6.92 Å². The third kappa shape index (κ3) is 5.77. The lowest BCUT2D eigenvalue weighted by molar-refractivity contribution is -0.140.